The summed E-state index contributed by atoms with van der Waals surface area (Å²) in [6, 6.07) is 0.662. The molecule has 0 bridgehead atoms. The molecule has 0 aromatic carbocycles. The molecule has 1 N–H and O–H groups in total. The first-order valence-electron chi connectivity index (χ1n) is 6.58. The fourth-order valence-electron chi connectivity index (χ4n) is 2.30. The second-order valence-electron chi connectivity index (χ2n) is 5.14. The van der Waals surface area contributed by atoms with E-state index in [0.717, 1.165) is 17.4 Å². The van der Waals surface area contributed by atoms with Crippen molar-refractivity contribution in [2.75, 3.05) is 39.8 Å². The standard InChI is InChI=1S/C11H21N3O4S/c1-12(5-4-11(15)16)19(17,18)14-8-6-13(7-9-14)10-2-3-10/h10H,2-9H2,1H3,(H,15,16). The lowest BCUT2D eigenvalue weighted by Gasteiger charge is -2.35. The minimum absolute atomic E-state index is 0.0144. The first-order valence-corrected chi connectivity index (χ1v) is 7.98. The molecule has 0 unspecified atom stereocenters. The molecule has 1 aliphatic carbocycles. The van der Waals surface area contributed by atoms with E-state index in [0.29, 0.717) is 19.1 Å². The molecule has 1 heterocycles. The van der Waals surface area contributed by atoms with Crippen molar-refractivity contribution >= 4 is 16.2 Å². The second kappa shape index (κ2) is 5.74. The van der Waals surface area contributed by atoms with Crippen LogP contribution in [0.4, 0.5) is 0 Å². The highest BCUT2D eigenvalue weighted by atomic mass is 32.2. The molecule has 1 saturated heterocycles. The number of hydrogen-bond donors (Lipinski definition) is 1. The summed E-state index contributed by atoms with van der Waals surface area (Å²) in [7, 11) is -2.07. The molecule has 0 atom stereocenters. The summed E-state index contributed by atoms with van der Waals surface area (Å²) in [5.74, 6) is -0.986. The van der Waals surface area contributed by atoms with Gasteiger partial charge in [0.15, 0.2) is 0 Å². The van der Waals surface area contributed by atoms with E-state index in [9.17, 15) is 13.2 Å². The molecule has 8 heteroatoms. The molecule has 1 saturated carbocycles. The summed E-state index contributed by atoms with van der Waals surface area (Å²) >= 11 is 0. The first kappa shape index (κ1) is 14.7. The monoisotopic (exact) mass is 291 g/mol. The van der Waals surface area contributed by atoms with Gasteiger partial charge < -0.3 is 5.11 Å². The van der Waals surface area contributed by atoms with E-state index in [1.807, 2.05) is 0 Å². The van der Waals surface area contributed by atoms with Gasteiger partial charge in [-0.25, -0.2) is 0 Å². The van der Waals surface area contributed by atoms with Crippen LogP contribution in [0.2, 0.25) is 0 Å². The van der Waals surface area contributed by atoms with Gasteiger partial charge in [0.05, 0.1) is 6.42 Å². The Labute approximate surface area is 114 Å². The van der Waals surface area contributed by atoms with E-state index < -0.39 is 16.2 Å². The van der Waals surface area contributed by atoms with Crippen molar-refractivity contribution in [1.29, 1.82) is 0 Å². The second-order valence-corrected chi connectivity index (χ2v) is 7.17. The van der Waals surface area contributed by atoms with Crippen molar-refractivity contribution in [2.45, 2.75) is 25.3 Å². The summed E-state index contributed by atoms with van der Waals surface area (Å²) in [6.07, 6.45) is 2.29. The van der Waals surface area contributed by atoms with Crippen LogP contribution < -0.4 is 0 Å². The first-order chi connectivity index (χ1) is 8.91. The van der Waals surface area contributed by atoms with Gasteiger partial charge >= 0.3 is 5.97 Å². The molecule has 1 aliphatic heterocycles. The zero-order valence-electron chi connectivity index (χ0n) is 11.2. The largest absolute Gasteiger partial charge is 0.481 e. The Morgan fingerprint density at radius 1 is 1.26 bits per heavy atom. The summed E-state index contributed by atoms with van der Waals surface area (Å²) in [6.45, 7) is 2.56. The third-order valence-corrected chi connectivity index (χ3v) is 5.69. The molecule has 2 fully saturated rings. The molecule has 0 spiro atoms. The van der Waals surface area contributed by atoms with Gasteiger partial charge in [0, 0.05) is 45.8 Å². The predicted molar refractivity (Wildman–Crippen MR) is 70.0 cm³/mol. The average Bonchev–Trinajstić information content (AvgIpc) is 3.20. The SMILES string of the molecule is CN(CCC(=O)O)S(=O)(=O)N1CCN(C2CC2)CC1. The van der Waals surface area contributed by atoms with Crippen molar-refractivity contribution in [1.82, 2.24) is 13.5 Å². The number of carboxylic acid groups (broad SMARTS) is 1. The average molecular weight is 291 g/mol. The van der Waals surface area contributed by atoms with Gasteiger partial charge in [-0.15, -0.1) is 0 Å². The Hall–Kier alpha value is -0.700. The minimum atomic E-state index is -3.51. The lowest BCUT2D eigenvalue weighted by atomic mass is 10.3. The fourth-order valence-corrected chi connectivity index (χ4v) is 3.65. The van der Waals surface area contributed by atoms with E-state index in [2.05, 4.69) is 4.90 Å². The van der Waals surface area contributed by atoms with Crippen molar-refractivity contribution in [3.8, 4) is 0 Å². The van der Waals surface area contributed by atoms with Gasteiger partial charge in [-0.3, -0.25) is 9.69 Å². The lowest BCUT2D eigenvalue weighted by Crippen LogP contribution is -2.52. The molecule has 7 nitrogen and oxygen atoms in total. The zero-order chi connectivity index (χ0) is 14.0. The Bertz CT molecular complexity index is 427. The van der Waals surface area contributed by atoms with Crippen LogP contribution >= 0.6 is 0 Å². The maximum absolute atomic E-state index is 12.2. The smallest absolute Gasteiger partial charge is 0.304 e. The Morgan fingerprint density at radius 3 is 2.32 bits per heavy atom. The molecule has 0 aromatic heterocycles. The summed E-state index contributed by atoms with van der Waals surface area (Å²) in [5, 5.41) is 8.60. The predicted octanol–water partition coefficient (Wildman–Crippen LogP) is -0.582. The number of hydrogen-bond acceptors (Lipinski definition) is 4. The van der Waals surface area contributed by atoms with Gasteiger partial charge in [-0.2, -0.15) is 17.0 Å². The van der Waals surface area contributed by atoms with E-state index in [4.69, 9.17) is 5.11 Å². The van der Waals surface area contributed by atoms with Crippen LogP contribution in [0, 0.1) is 0 Å². The zero-order valence-corrected chi connectivity index (χ0v) is 12.0. The quantitative estimate of drug-likeness (QED) is 0.708. The van der Waals surface area contributed by atoms with Crippen LogP contribution in [0.25, 0.3) is 0 Å². The molecule has 0 amide bonds. The van der Waals surface area contributed by atoms with Crippen molar-refractivity contribution in [3.05, 3.63) is 0 Å². The highest BCUT2D eigenvalue weighted by molar-refractivity contribution is 7.86. The van der Waals surface area contributed by atoms with Crippen LogP contribution in [-0.4, -0.2) is 78.8 Å². The van der Waals surface area contributed by atoms with E-state index in [-0.39, 0.29) is 13.0 Å². The Kier molecular flexibility index (Phi) is 4.44. The van der Waals surface area contributed by atoms with E-state index in [1.165, 1.54) is 24.2 Å². The highest BCUT2D eigenvalue weighted by Crippen LogP contribution is 2.28. The van der Waals surface area contributed by atoms with Crippen LogP contribution in [0.3, 0.4) is 0 Å². The maximum atomic E-state index is 12.2. The number of carboxylic acids is 1. The molecular formula is C11H21N3O4S. The van der Waals surface area contributed by atoms with Gasteiger partial charge in [0.25, 0.3) is 10.2 Å². The maximum Gasteiger partial charge on any atom is 0.304 e. The topological polar surface area (TPSA) is 81.2 Å². The van der Waals surface area contributed by atoms with E-state index in [1.54, 1.807) is 0 Å². The van der Waals surface area contributed by atoms with Gasteiger partial charge in [0.2, 0.25) is 0 Å². The number of rotatable bonds is 6. The van der Waals surface area contributed by atoms with E-state index >= 15 is 0 Å². The fraction of sp³-hybridized carbons (Fsp3) is 0.909. The lowest BCUT2D eigenvalue weighted by molar-refractivity contribution is -0.137. The third kappa shape index (κ3) is 3.65. The summed E-state index contributed by atoms with van der Waals surface area (Å²) < 4.78 is 27.0. The number of piperazine rings is 1. The van der Waals surface area contributed by atoms with Crippen LogP contribution in [0.1, 0.15) is 19.3 Å². The minimum Gasteiger partial charge on any atom is -0.481 e. The van der Waals surface area contributed by atoms with Crippen molar-refractivity contribution in [3.63, 3.8) is 0 Å². The number of aliphatic carboxylic acids is 1. The molecule has 0 aromatic rings. The number of carbonyl (C=O) groups is 1. The Balaban J connectivity index is 1.86. The molecular weight excluding hydrogens is 270 g/mol. The normalized spacial score (nSPS) is 22.8. The summed E-state index contributed by atoms with van der Waals surface area (Å²) in [4.78, 5) is 12.8. The molecule has 2 rings (SSSR count). The third-order valence-electron chi connectivity index (χ3n) is 3.70. The molecule has 0 radical (unpaired) electrons. The Morgan fingerprint density at radius 2 is 1.84 bits per heavy atom. The van der Waals surface area contributed by atoms with Gasteiger partial charge in [0.1, 0.15) is 0 Å². The summed E-state index contributed by atoms with van der Waals surface area (Å²) in [5.41, 5.74) is 0. The molecule has 19 heavy (non-hydrogen) atoms. The van der Waals surface area contributed by atoms with Gasteiger partial charge in [-0.05, 0) is 12.8 Å². The van der Waals surface area contributed by atoms with Crippen LogP contribution in [0.5, 0.6) is 0 Å². The number of nitrogens with zero attached hydrogens (tertiary/aromatic N) is 3. The molecule has 110 valence electrons. The van der Waals surface area contributed by atoms with Crippen LogP contribution in [-0.2, 0) is 15.0 Å². The van der Waals surface area contributed by atoms with Gasteiger partial charge in [-0.1, -0.05) is 0 Å². The highest BCUT2D eigenvalue weighted by Gasteiger charge is 2.35. The van der Waals surface area contributed by atoms with Crippen LogP contribution in [0.15, 0.2) is 0 Å². The molecule has 2 aliphatic rings. The van der Waals surface area contributed by atoms with Crippen molar-refractivity contribution in [2.24, 2.45) is 0 Å². The van der Waals surface area contributed by atoms with Crippen molar-refractivity contribution < 1.29 is 18.3 Å².